The molecular formula is C23H18F3N5O. The number of nitrogens with zero attached hydrogens (tertiary/aromatic N) is 5. The summed E-state index contributed by atoms with van der Waals surface area (Å²) in [6.07, 6.45) is -1.92. The van der Waals surface area contributed by atoms with Crippen molar-refractivity contribution in [3.8, 4) is 22.8 Å². The Balaban J connectivity index is 1.27. The maximum atomic E-state index is 12.8. The second kappa shape index (κ2) is 8.16. The third-order valence-corrected chi connectivity index (χ3v) is 5.34. The Morgan fingerprint density at radius 2 is 1.66 bits per heavy atom. The van der Waals surface area contributed by atoms with E-state index in [1.807, 2.05) is 30.3 Å². The summed E-state index contributed by atoms with van der Waals surface area (Å²) in [7, 11) is 0. The van der Waals surface area contributed by atoms with E-state index in [4.69, 9.17) is 4.52 Å². The molecule has 4 aromatic rings. The van der Waals surface area contributed by atoms with Gasteiger partial charge in [-0.15, -0.1) is 0 Å². The summed E-state index contributed by atoms with van der Waals surface area (Å²) in [5.74, 6) is 1.52. The van der Waals surface area contributed by atoms with Crippen molar-refractivity contribution >= 4 is 0 Å². The second-order valence-corrected chi connectivity index (χ2v) is 7.58. The van der Waals surface area contributed by atoms with Crippen molar-refractivity contribution in [1.82, 2.24) is 25.0 Å². The van der Waals surface area contributed by atoms with Crippen molar-refractivity contribution in [3.05, 3.63) is 83.5 Å². The van der Waals surface area contributed by atoms with Crippen molar-refractivity contribution < 1.29 is 17.7 Å². The molecule has 2 aromatic carbocycles. The zero-order chi connectivity index (χ0) is 22.1. The number of hydrogen-bond acceptors (Lipinski definition) is 6. The lowest BCUT2D eigenvalue weighted by atomic mass is 10.1. The predicted octanol–water partition coefficient (Wildman–Crippen LogP) is 4.77. The van der Waals surface area contributed by atoms with E-state index >= 15 is 0 Å². The third-order valence-electron chi connectivity index (χ3n) is 5.34. The Morgan fingerprint density at radius 1 is 0.906 bits per heavy atom. The van der Waals surface area contributed by atoms with Gasteiger partial charge in [0.15, 0.2) is 5.82 Å². The predicted molar refractivity (Wildman–Crippen MR) is 110 cm³/mol. The van der Waals surface area contributed by atoms with Crippen LogP contribution in [0.5, 0.6) is 0 Å². The van der Waals surface area contributed by atoms with Crippen molar-refractivity contribution in [2.75, 3.05) is 6.54 Å². The Kier molecular flexibility index (Phi) is 5.18. The molecule has 0 bridgehead atoms. The van der Waals surface area contributed by atoms with Crippen molar-refractivity contribution in [1.29, 1.82) is 0 Å². The first-order chi connectivity index (χ1) is 15.5. The van der Waals surface area contributed by atoms with Gasteiger partial charge in [-0.3, -0.25) is 4.90 Å². The number of alkyl halides is 3. The minimum atomic E-state index is -4.36. The Bertz CT molecular complexity index is 1220. The van der Waals surface area contributed by atoms with Gasteiger partial charge in [0.05, 0.1) is 17.8 Å². The number of halogens is 3. The van der Waals surface area contributed by atoms with E-state index in [-0.39, 0.29) is 0 Å². The Morgan fingerprint density at radius 3 is 2.41 bits per heavy atom. The van der Waals surface area contributed by atoms with Gasteiger partial charge in [-0.05, 0) is 12.1 Å². The van der Waals surface area contributed by atoms with Crippen LogP contribution in [0.4, 0.5) is 13.2 Å². The number of benzene rings is 2. The monoisotopic (exact) mass is 437 g/mol. The molecule has 0 fully saturated rings. The normalized spacial score (nSPS) is 14.3. The lowest BCUT2D eigenvalue weighted by molar-refractivity contribution is -0.137. The summed E-state index contributed by atoms with van der Waals surface area (Å²) < 4.78 is 43.7. The van der Waals surface area contributed by atoms with E-state index in [0.717, 1.165) is 35.5 Å². The smallest absolute Gasteiger partial charge is 0.338 e. The minimum Gasteiger partial charge on any atom is -0.338 e. The number of aromatic nitrogens is 4. The first kappa shape index (κ1) is 20.3. The molecule has 32 heavy (non-hydrogen) atoms. The molecule has 0 aliphatic carbocycles. The van der Waals surface area contributed by atoms with Gasteiger partial charge in [0, 0.05) is 42.4 Å². The summed E-state index contributed by atoms with van der Waals surface area (Å²) >= 11 is 0. The minimum absolute atomic E-state index is 0.426. The maximum Gasteiger partial charge on any atom is 0.416 e. The Hall–Kier alpha value is -3.59. The van der Waals surface area contributed by atoms with Crippen LogP contribution in [0.1, 0.15) is 22.7 Å². The fraction of sp³-hybridized carbons (Fsp3) is 0.217. The molecule has 162 valence electrons. The molecule has 0 saturated heterocycles. The van der Waals surface area contributed by atoms with Gasteiger partial charge in [0.2, 0.25) is 11.7 Å². The van der Waals surface area contributed by atoms with Crippen molar-refractivity contribution in [2.24, 2.45) is 0 Å². The average Bonchev–Trinajstić information content (AvgIpc) is 3.27. The van der Waals surface area contributed by atoms with E-state index in [9.17, 15) is 13.2 Å². The highest BCUT2D eigenvalue weighted by molar-refractivity contribution is 5.56. The molecule has 0 radical (unpaired) electrons. The van der Waals surface area contributed by atoms with Crippen LogP contribution in [0.2, 0.25) is 0 Å². The van der Waals surface area contributed by atoms with E-state index in [1.165, 1.54) is 12.1 Å². The Labute approximate surface area is 181 Å². The highest BCUT2D eigenvalue weighted by atomic mass is 19.4. The van der Waals surface area contributed by atoms with E-state index in [2.05, 4.69) is 25.0 Å². The first-order valence-corrected chi connectivity index (χ1v) is 10.1. The highest BCUT2D eigenvalue weighted by Gasteiger charge is 2.30. The van der Waals surface area contributed by atoms with Crippen LogP contribution in [0, 0.1) is 0 Å². The van der Waals surface area contributed by atoms with Crippen LogP contribution >= 0.6 is 0 Å². The molecule has 0 unspecified atom stereocenters. The van der Waals surface area contributed by atoms with Crippen LogP contribution in [0.3, 0.4) is 0 Å². The van der Waals surface area contributed by atoms with Gasteiger partial charge in [0.1, 0.15) is 0 Å². The zero-order valence-corrected chi connectivity index (χ0v) is 16.9. The first-order valence-electron chi connectivity index (χ1n) is 10.1. The molecule has 1 aliphatic rings. The van der Waals surface area contributed by atoms with E-state index < -0.39 is 11.7 Å². The molecule has 1 aliphatic heterocycles. The molecule has 5 rings (SSSR count). The van der Waals surface area contributed by atoms with E-state index in [0.29, 0.717) is 42.6 Å². The summed E-state index contributed by atoms with van der Waals surface area (Å²) in [5.41, 5.74) is 2.65. The molecule has 0 atom stereocenters. The fourth-order valence-corrected chi connectivity index (χ4v) is 3.67. The second-order valence-electron chi connectivity index (χ2n) is 7.58. The standard InChI is InChI=1S/C23H18F3N5O/c24-23(25,26)18-8-6-16(7-9-18)21-27-12-17-13-31(11-10-19(17)28-21)14-20-29-22(30-32-20)15-4-2-1-3-5-15/h1-9,12H,10-11,13-14H2. The van der Waals surface area contributed by atoms with Crippen LogP contribution in [0.15, 0.2) is 65.3 Å². The molecule has 2 aromatic heterocycles. The largest absolute Gasteiger partial charge is 0.416 e. The molecule has 6 nitrogen and oxygen atoms in total. The number of hydrogen-bond donors (Lipinski definition) is 0. The molecule has 0 saturated carbocycles. The molecule has 0 spiro atoms. The van der Waals surface area contributed by atoms with Gasteiger partial charge in [-0.25, -0.2) is 9.97 Å². The number of rotatable bonds is 4. The maximum absolute atomic E-state index is 12.8. The van der Waals surface area contributed by atoms with Crippen LogP contribution in [-0.4, -0.2) is 31.6 Å². The van der Waals surface area contributed by atoms with Gasteiger partial charge < -0.3 is 4.52 Å². The lowest BCUT2D eigenvalue weighted by Crippen LogP contribution is -2.31. The average molecular weight is 437 g/mol. The lowest BCUT2D eigenvalue weighted by Gasteiger charge is -2.26. The zero-order valence-electron chi connectivity index (χ0n) is 16.9. The molecule has 0 N–H and O–H groups in total. The van der Waals surface area contributed by atoms with Crippen LogP contribution in [0.25, 0.3) is 22.8 Å². The van der Waals surface area contributed by atoms with Gasteiger partial charge in [-0.1, -0.05) is 47.6 Å². The fourth-order valence-electron chi connectivity index (χ4n) is 3.67. The highest BCUT2D eigenvalue weighted by Crippen LogP contribution is 2.30. The van der Waals surface area contributed by atoms with Gasteiger partial charge in [-0.2, -0.15) is 18.2 Å². The van der Waals surface area contributed by atoms with Crippen molar-refractivity contribution in [3.63, 3.8) is 0 Å². The third kappa shape index (κ3) is 4.24. The molecular weight excluding hydrogens is 419 g/mol. The number of fused-ring (bicyclic) bond motifs is 1. The summed E-state index contributed by atoms with van der Waals surface area (Å²) in [6, 6.07) is 14.5. The topological polar surface area (TPSA) is 67.9 Å². The SMILES string of the molecule is FC(F)(F)c1ccc(-c2ncc3c(n2)CCN(Cc2nc(-c4ccccc4)no2)C3)cc1. The van der Waals surface area contributed by atoms with Gasteiger partial charge >= 0.3 is 6.18 Å². The molecule has 3 heterocycles. The summed E-state index contributed by atoms with van der Waals surface area (Å²) in [6.45, 7) is 1.89. The van der Waals surface area contributed by atoms with Crippen LogP contribution in [-0.2, 0) is 25.7 Å². The quantitative estimate of drug-likeness (QED) is 0.458. The van der Waals surface area contributed by atoms with Crippen LogP contribution < -0.4 is 0 Å². The summed E-state index contributed by atoms with van der Waals surface area (Å²) in [5, 5.41) is 4.05. The van der Waals surface area contributed by atoms with Crippen molar-refractivity contribution in [2.45, 2.75) is 25.7 Å². The molecule has 0 amide bonds. The van der Waals surface area contributed by atoms with Gasteiger partial charge in [0.25, 0.3) is 0 Å². The molecule has 9 heteroatoms. The summed E-state index contributed by atoms with van der Waals surface area (Å²) in [4.78, 5) is 15.6. The van der Waals surface area contributed by atoms with E-state index in [1.54, 1.807) is 6.20 Å².